The number of ether oxygens (including phenoxy) is 1. The number of carbonyl (C=O) groups excluding carboxylic acids is 1. The zero-order valence-corrected chi connectivity index (χ0v) is 15.4. The first-order valence-electron chi connectivity index (χ1n) is 7.51. The quantitative estimate of drug-likeness (QED) is 0.190. The van der Waals surface area contributed by atoms with Crippen LogP contribution in [0.1, 0.15) is 26.7 Å². The molecule has 2 nitrogen and oxygen atoms in total. The Labute approximate surface area is 131 Å². The predicted octanol–water partition coefficient (Wildman–Crippen LogP) is 5.28. The first-order valence-corrected chi connectivity index (χ1v) is 11.2. The Morgan fingerprint density at radius 2 is 1.86 bits per heavy atom. The standard InChI is InChI=1S/C18H30O2Si/c1-7-17(15-21(4,5)6)12-10-8-9-11-13-18(20-3)16(2)14-19/h7-10,12,14H,11,13,15H2,1-6H3/b9-8+,12-10+,17-7-,18-16+. The summed E-state index contributed by atoms with van der Waals surface area (Å²) >= 11 is 0. The average Bonchev–Trinajstić information content (AvgIpc) is 2.43. The van der Waals surface area contributed by atoms with Gasteiger partial charge in [-0.15, -0.1) is 0 Å². The Bertz CT molecular complexity index is 435. The molecule has 0 unspecified atom stereocenters. The van der Waals surface area contributed by atoms with Crippen LogP contribution < -0.4 is 0 Å². The molecule has 0 bridgehead atoms. The van der Waals surface area contributed by atoms with Crippen LogP contribution in [0.25, 0.3) is 0 Å². The normalized spacial score (nSPS) is 14.7. The number of aldehydes is 1. The minimum absolute atomic E-state index is 0.674. The lowest BCUT2D eigenvalue weighted by atomic mass is 10.2. The van der Waals surface area contributed by atoms with E-state index in [1.165, 1.54) is 11.6 Å². The topological polar surface area (TPSA) is 26.3 Å². The molecule has 0 atom stereocenters. The molecule has 3 heteroatoms. The molecule has 0 aromatic rings. The lowest BCUT2D eigenvalue weighted by molar-refractivity contribution is -0.105. The van der Waals surface area contributed by atoms with Gasteiger partial charge in [0, 0.05) is 20.1 Å². The van der Waals surface area contributed by atoms with Gasteiger partial charge in [0.05, 0.1) is 7.11 Å². The highest BCUT2D eigenvalue weighted by atomic mass is 28.3. The summed E-state index contributed by atoms with van der Waals surface area (Å²) in [6, 6.07) is 1.21. The lowest BCUT2D eigenvalue weighted by Crippen LogP contribution is -2.19. The molecule has 0 heterocycles. The SMILES string of the molecule is C/C=C(/C=C/C=C/CC/C(OC)=C(/C)C=O)C[Si](C)(C)C. The second kappa shape index (κ2) is 10.4. The van der Waals surface area contributed by atoms with Crippen molar-refractivity contribution in [1.82, 2.24) is 0 Å². The van der Waals surface area contributed by atoms with E-state index in [1.807, 2.05) is 0 Å². The summed E-state index contributed by atoms with van der Waals surface area (Å²) in [5.41, 5.74) is 2.08. The van der Waals surface area contributed by atoms with Gasteiger partial charge in [-0.1, -0.05) is 55.6 Å². The Morgan fingerprint density at radius 3 is 2.33 bits per heavy atom. The molecule has 0 radical (unpaired) electrons. The maximum Gasteiger partial charge on any atom is 0.149 e. The van der Waals surface area contributed by atoms with E-state index in [-0.39, 0.29) is 0 Å². The van der Waals surface area contributed by atoms with E-state index in [9.17, 15) is 4.79 Å². The van der Waals surface area contributed by atoms with Crippen LogP contribution in [0.15, 0.2) is 47.3 Å². The van der Waals surface area contributed by atoms with Crippen molar-refractivity contribution in [2.24, 2.45) is 0 Å². The Balaban J connectivity index is 4.34. The lowest BCUT2D eigenvalue weighted by Gasteiger charge is -2.15. The van der Waals surface area contributed by atoms with Gasteiger partial charge in [-0.25, -0.2) is 0 Å². The number of carbonyl (C=O) groups is 1. The predicted molar refractivity (Wildman–Crippen MR) is 95.2 cm³/mol. The minimum atomic E-state index is -1.05. The molecule has 0 amide bonds. The van der Waals surface area contributed by atoms with Crippen molar-refractivity contribution in [3.05, 3.63) is 47.3 Å². The summed E-state index contributed by atoms with van der Waals surface area (Å²) < 4.78 is 5.21. The van der Waals surface area contributed by atoms with Crippen molar-refractivity contribution < 1.29 is 9.53 Å². The van der Waals surface area contributed by atoms with Crippen LogP contribution >= 0.6 is 0 Å². The van der Waals surface area contributed by atoms with E-state index in [0.717, 1.165) is 24.9 Å². The summed E-state index contributed by atoms with van der Waals surface area (Å²) in [4.78, 5) is 10.7. The monoisotopic (exact) mass is 306 g/mol. The summed E-state index contributed by atoms with van der Waals surface area (Å²) in [6.07, 6.45) is 13.1. The molecule has 0 fully saturated rings. The van der Waals surface area contributed by atoms with Gasteiger partial charge in [-0.3, -0.25) is 4.79 Å². The van der Waals surface area contributed by atoms with Crippen LogP contribution in [0.3, 0.4) is 0 Å². The van der Waals surface area contributed by atoms with Gasteiger partial charge in [0.25, 0.3) is 0 Å². The fourth-order valence-electron chi connectivity index (χ4n) is 1.96. The molecule has 0 aromatic carbocycles. The molecule has 0 rings (SSSR count). The Kier molecular flexibility index (Phi) is 9.72. The first kappa shape index (κ1) is 19.6. The molecule has 0 spiro atoms. The zero-order chi connectivity index (χ0) is 16.3. The van der Waals surface area contributed by atoms with Crippen LogP contribution in [0, 0.1) is 0 Å². The second-order valence-electron chi connectivity index (χ2n) is 6.36. The molecule has 0 aliphatic carbocycles. The van der Waals surface area contributed by atoms with Gasteiger partial charge in [-0.05, 0) is 26.3 Å². The van der Waals surface area contributed by atoms with Gasteiger partial charge in [0.1, 0.15) is 12.0 Å². The number of rotatable bonds is 9. The van der Waals surface area contributed by atoms with E-state index >= 15 is 0 Å². The Hall–Kier alpha value is -1.35. The summed E-state index contributed by atoms with van der Waals surface area (Å²) in [6.45, 7) is 11.0. The Morgan fingerprint density at radius 1 is 1.19 bits per heavy atom. The van der Waals surface area contributed by atoms with E-state index < -0.39 is 8.07 Å². The van der Waals surface area contributed by atoms with E-state index in [1.54, 1.807) is 14.0 Å². The second-order valence-corrected chi connectivity index (χ2v) is 11.8. The van der Waals surface area contributed by atoms with Crippen LogP contribution in [0.5, 0.6) is 0 Å². The summed E-state index contributed by atoms with van der Waals surface area (Å²) in [5.74, 6) is 0.770. The summed E-state index contributed by atoms with van der Waals surface area (Å²) in [5, 5.41) is 0. The van der Waals surface area contributed by atoms with Crippen LogP contribution in [0.4, 0.5) is 0 Å². The molecule has 0 aliphatic rings. The van der Waals surface area contributed by atoms with Gasteiger partial charge in [0.2, 0.25) is 0 Å². The van der Waals surface area contributed by atoms with Gasteiger partial charge in [0.15, 0.2) is 0 Å². The van der Waals surface area contributed by atoms with E-state index in [4.69, 9.17) is 4.74 Å². The van der Waals surface area contributed by atoms with E-state index in [2.05, 4.69) is 56.9 Å². The molecule has 118 valence electrons. The molecule has 0 saturated heterocycles. The van der Waals surface area contributed by atoms with Crippen molar-refractivity contribution in [1.29, 1.82) is 0 Å². The van der Waals surface area contributed by atoms with Crippen molar-refractivity contribution in [2.75, 3.05) is 7.11 Å². The fourth-order valence-corrected chi connectivity index (χ4v) is 3.51. The van der Waals surface area contributed by atoms with Gasteiger partial charge in [-0.2, -0.15) is 0 Å². The molecule has 0 N–H and O–H groups in total. The molecular formula is C18H30O2Si. The van der Waals surface area contributed by atoms with Crippen LogP contribution in [-0.2, 0) is 9.53 Å². The fraction of sp³-hybridized carbons (Fsp3) is 0.500. The highest BCUT2D eigenvalue weighted by Gasteiger charge is 2.13. The number of hydrogen-bond acceptors (Lipinski definition) is 2. The third kappa shape index (κ3) is 10.1. The van der Waals surface area contributed by atoms with Crippen LogP contribution in [0.2, 0.25) is 25.7 Å². The van der Waals surface area contributed by atoms with Crippen molar-refractivity contribution in [2.45, 2.75) is 52.4 Å². The number of hydrogen-bond donors (Lipinski definition) is 0. The smallest absolute Gasteiger partial charge is 0.149 e. The molecule has 0 aromatic heterocycles. The van der Waals surface area contributed by atoms with Crippen molar-refractivity contribution in [3.63, 3.8) is 0 Å². The molecule has 21 heavy (non-hydrogen) atoms. The third-order valence-electron chi connectivity index (χ3n) is 3.06. The average molecular weight is 307 g/mol. The van der Waals surface area contributed by atoms with E-state index in [0.29, 0.717) is 5.57 Å². The highest BCUT2D eigenvalue weighted by Crippen LogP contribution is 2.17. The van der Waals surface area contributed by atoms with Crippen molar-refractivity contribution >= 4 is 14.4 Å². The van der Waals surface area contributed by atoms with Gasteiger partial charge < -0.3 is 4.74 Å². The highest BCUT2D eigenvalue weighted by molar-refractivity contribution is 6.76. The van der Waals surface area contributed by atoms with Crippen molar-refractivity contribution in [3.8, 4) is 0 Å². The summed E-state index contributed by atoms with van der Waals surface area (Å²) in [7, 11) is 0.559. The van der Waals surface area contributed by atoms with Crippen LogP contribution in [-0.4, -0.2) is 21.5 Å². The molecular weight excluding hydrogens is 276 g/mol. The maximum atomic E-state index is 10.7. The molecule has 0 saturated carbocycles. The number of allylic oxidation sites excluding steroid dienone is 8. The maximum absolute atomic E-state index is 10.7. The molecule has 0 aliphatic heterocycles. The largest absolute Gasteiger partial charge is 0.501 e. The zero-order valence-electron chi connectivity index (χ0n) is 14.4. The first-order chi connectivity index (χ1) is 9.84. The third-order valence-corrected chi connectivity index (χ3v) is 4.53. The number of methoxy groups -OCH3 is 1. The van der Waals surface area contributed by atoms with Gasteiger partial charge >= 0.3 is 0 Å². The minimum Gasteiger partial charge on any atom is -0.501 e.